The number of ether oxygens (including phenoxy) is 2. The fourth-order valence-corrected chi connectivity index (χ4v) is 2.41. The third-order valence-corrected chi connectivity index (χ3v) is 4.14. The van der Waals surface area contributed by atoms with E-state index in [1.54, 1.807) is 7.11 Å². The first-order valence-corrected chi connectivity index (χ1v) is 8.63. The van der Waals surface area contributed by atoms with Crippen molar-refractivity contribution in [2.24, 2.45) is 0 Å². The molecule has 7 nitrogen and oxygen atoms in total. The Labute approximate surface area is 152 Å². The van der Waals surface area contributed by atoms with Gasteiger partial charge in [-0.1, -0.05) is 36.3 Å². The third-order valence-electron chi connectivity index (χ3n) is 4.14. The first-order valence-electron chi connectivity index (χ1n) is 8.63. The third kappa shape index (κ3) is 4.18. The molecule has 0 aliphatic carbocycles. The van der Waals surface area contributed by atoms with Gasteiger partial charge in [-0.2, -0.15) is 4.68 Å². The van der Waals surface area contributed by atoms with Crippen molar-refractivity contribution in [2.45, 2.75) is 32.9 Å². The quantitative estimate of drug-likeness (QED) is 0.669. The fourth-order valence-electron chi connectivity index (χ4n) is 2.41. The van der Waals surface area contributed by atoms with Crippen molar-refractivity contribution in [3.8, 4) is 23.2 Å². The highest BCUT2D eigenvalue weighted by Gasteiger charge is 2.14. The Morgan fingerprint density at radius 3 is 2.65 bits per heavy atom. The number of para-hydroxylation sites is 1. The molecule has 3 rings (SSSR count). The molecule has 7 heteroatoms. The van der Waals surface area contributed by atoms with Crippen LogP contribution in [0.2, 0.25) is 0 Å². The summed E-state index contributed by atoms with van der Waals surface area (Å²) in [6.45, 7) is 5.09. The summed E-state index contributed by atoms with van der Waals surface area (Å²) in [6.07, 6.45) is 1.08. The molecule has 0 bridgehead atoms. The number of hydrogen-bond acceptors (Lipinski definition) is 6. The lowest BCUT2D eigenvalue weighted by atomic mass is 10.2. The molecule has 0 spiro atoms. The van der Waals surface area contributed by atoms with Gasteiger partial charge in [-0.05, 0) is 53.6 Å². The number of methoxy groups -OCH3 is 1. The average Bonchev–Trinajstić information content (AvgIpc) is 3.15. The van der Waals surface area contributed by atoms with Crippen molar-refractivity contribution in [1.29, 1.82) is 0 Å². The molecule has 0 amide bonds. The molecule has 0 aliphatic heterocycles. The molecule has 2 aromatic carbocycles. The van der Waals surface area contributed by atoms with Crippen LogP contribution >= 0.6 is 0 Å². The van der Waals surface area contributed by atoms with Crippen LogP contribution in [0, 0.1) is 0 Å². The van der Waals surface area contributed by atoms with E-state index < -0.39 is 0 Å². The van der Waals surface area contributed by atoms with E-state index in [-0.39, 0.29) is 6.01 Å². The lowest BCUT2D eigenvalue weighted by Crippen LogP contribution is -2.24. The smallest absolute Gasteiger partial charge is 0.346 e. The Bertz CT molecular complexity index is 835. The summed E-state index contributed by atoms with van der Waals surface area (Å²) in [4.78, 5) is 0. The fraction of sp³-hybridized carbons (Fsp3) is 0.316. The molecule has 136 valence electrons. The molecule has 0 aliphatic rings. The number of aromatic nitrogens is 4. The Morgan fingerprint density at radius 2 is 1.92 bits per heavy atom. The van der Waals surface area contributed by atoms with E-state index in [0.717, 1.165) is 24.2 Å². The Morgan fingerprint density at radius 1 is 1.12 bits per heavy atom. The van der Waals surface area contributed by atoms with Gasteiger partial charge in [0.05, 0.1) is 12.8 Å². The van der Waals surface area contributed by atoms with Gasteiger partial charge in [0, 0.05) is 12.6 Å². The number of benzene rings is 2. The van der Waals surface area contributed by atoms with Crippen LogP contribution in [-0.2, 0) is 6.54 Å². The summed E-state index contributed by atoms with van der Waals surface area (Å²) in [5.41, 5.74) is 1.94. The summed E-state index contributed by atoms with van der Waals surface area (Å²) in [6, 6.07) is 16.2. The number of hydrogen-bond donors (Lipinski definition) is 1. The average molecular weight is 353 g/mol. The highest BCUT2D eigenvalue weighted by Crippen LogP contribution is 2.32. The minimum absolute atomic E-state index is 0.278. The van der Waals surface area contributed by atoms with Crippen molar-refractivity contribution >= 4 is 0 Å². The second-order valence-electron chi connectivity index (χ2n) is 5.99. The van der Waals surface area contributed by atoms with Gasteiger partial charge in [-0.25, -0.2) is 0 Å². The maximum Gasteiger partial charge on any atom is 0.346 e. The summed E-state index contributed by atoms with van der Waals surface area (Å²) < 4.78 is 12.9. The van der Waals surface area contributed by atoms with E-state index in [0.29, 0.717) is 17.5 Å². The first kappa shape index (κ1) is 17.9. The summed E-state index contributed by atoms with van der Waals surface area (Å²) in [7, 11) is 1.62. The molecule has 0 saturated carbocycles. The number of rotatable bonds is 8. The van der Waals surface area contributed by atoms with Crippen LogP contribution in [-0.4, -0.2) is 33.4 Å². The summed E-state index contributed by atoms with van der Waals surface area (Å²) in [5, 5.41) is 15.1. The molecule has 1 N–H and O–H groups in total. The van der Waals surface area contributed by atoms with Crippen molar-refractivity contribution in [1.82, 2.24) is 25.5 Å². The lowest BCUT2D eigenvalue weighted by Gasteiger charge is -2.14. The van der Waals surface area contributed by atoms with Gasteiger partial charge in [-0.15, -0.1) is 0 Å². The molecule has 1 heterocycles. The van der Waals surface area contributed by atoms with Crippen molar-refractivity contribution < 1.29 is 9.47 Å². The van der Waals surface area contributed by atoms with E-state index in [1.165, 1.54) is 4.68 Å². The first-order chi connectivity index (χ1) is 12.7. The molecule has 1 unspecified atom stereocenters. The largest absolute Gasteiger partial charge is 0.493 e. The van der Waals surface area contributed by atoms with Gasteiger partial charge in [0.15, 0.2) is 11.5 Å². The molecule has 1 aromatic heterocycles. The molecule has 0 fully saturated rings. The van der Waals surface area contributed by atoms with E-state index in [9.17, 15) is 0 Å². The lowest BCUT2D eigenvalue weighted by molar-refractivity contribution is 0.362. The van der Waals surface area contributed by atoms with Gasteiger partial charge in [0.2, 0.25) is 0 Å². The summed E-state index contributed by atoms with van der Waals surface area (Å²) >= 11 is 0. The summed E-state index contributed by atoms with van der Waals surface area (Å²) in [5.74, 6) is 1.20. The number of nitrogens with one attached hydrogen (secondary N) is 1. The van der Waals surface area contributed by atoms with Gasteiger partial charge in [-0.3, -0.25) is 0 Å². The Balaban J connectivity index is 1.79. The molecule has 0 saturated heterocycles. The minimum atomic E-state index is 0.278. The molecular formula is C19H23N5O2. The van der Waals surface area contributed by atoms with E-state index in [2.05, 4.69) is 34.7 Å². The van der Waals surface area contributed by atoms with E-state index >= 15 is 0 Å². The van der Waals surface area contributed by atoms with Crippen LogP contribution in [0.5, 0.6) is 17.5 Å². The van der Waals surface area contributed by atoms with Crippen LogP contribution < -0.4 is 14.8 Å². The molecule has 3 aromatic rings. The van der Waals surface area contributed by atoms with Gasteiger partial charge < -0.3 is 14.8 Å². The van der Waals surface area contributed by atoms with E-state index in [1.807, 2.05) is 48.5 Å². The predicted octanol–water partition coefficient (Wildman–Crippen LogP) is 3.35. The van der Waals surface area contributed by atoms with Crippen LogP contribution in [0.1, 0.15) is 25.8 Å². The zero-order chi connectivity index (χ0) is 18.4. The molecule has 26 heavy (non-hydrogen) atoms. The van der Waals surface area contributed by atoms with Gasteiger partial charge in [0.25, 0.3) is 0 Å². The van der Waals surface area contributed by atoms with Crippen molar-refractivity contribution in [3.63, 3.8) is 0 Å². The van der Waals surface area contributed by atoms with Crippen LogP contribution in [0.3, 0.4) is 0 Å². The van der Waals surface area contributed by atoms with Crippen molar-refractivity contribution in [2.75, 3.05) is 7.11 Å². The van der Waals surface area contributed by atoms with Crippen LogP contribution in [0.15, 0.2) is 48.5 Å². The molecular weight excluding hydrogens is 330 g/mol. The Hall–Kier alpha value is -2.93. The second kappa shape index (κ2) is 8.44. The maximum absolute atomic E-state index is 5.91. The zero-order valence-electron chi connectivity index (χ0n) is 15.2. The molecule has 1 atom stereocenters. The Kier molecular flexibility index (Phi) is 5.80. The number of nitrogens with zero attached hydrogens (tertiary/aromatic N) is 4. The number of tetrazole rings is 1. The highest BCUT2D eigenvalue weighted by atomic mass is 16.5. The van der Waals surface area contributed by atoms with Crippen LogP contribution in [0.4, 0.5) is 0 Å². The molecule has 0 radical (unpaired) electrons. The second-order valence-corrected chi connectivity index (χ2v) is 5.99. The monoisotopic (exact) mass is 353 g/mol. The van der Waals surface area contributed by atoms with Crippen LogP contribution in [0.25, 0.3) is 5.69 Å². The maximum atomic E-state index is 5.91. The SMILES string of the molecule is CCC(C)NCc1ccc(Oc2nnnn2-c2ccccc2)c(OC)c1. The zero-order valence-corrected chi connectivity index (χ0v) is 15.2. The van der Waals surface area contributed by atoms with Gasteiger partial charge >= 0.3 is 6.01 Å². The normalized spacial score (nSPS) is 12.0. The van der Waals surface area contributed by atoms with Crippen molar-refractivity contribution in [3.05, 3.63) is 54.1 Å². The topological polar surface area (TPSA) is 74.1 Å². The highest BCUT2D eigenvalue weighted by molar-refractivity contribution is 5.44. The predicted molar refractivity (Wildman–Crippen MR) is 98.8 cm³/mol. The minimum Gasteiger partial charge on any atom is -0.493 e. The van der Waals surface area contributed by atoms with Gasteiger partial charge in [0.1, 0.15) is 0 Å². The standard InChI is InChI=1S/C19H23N5O2/c1-4-14(2)20-13-15-10-11-17(18(12-15)25-3)26-19-21-22-23-24(19)16-8-6-5-7-9-16/h5-12,14,20H,4,13H2,1-3H3. The van der Waals surface area contributed by atoms with E-state index in [4.69, 9.17) is 9.47 Å².